The number of hydrogen-bond donors (Lipinski definition) is 1. The highest BCUT2D eigenvalue weighted by Gasteiger charge is 2.43. The second-order valence-electron chi connectivity index (χ2n) is 5.86. The van der Waals surface area contributed by atoms with E-state index in [0.29, 0.717) is 19.2 Å². The Bertz CT molecular complexity index is 523. The molecule has 3 rings (SSSR count). The van der Waals surface area contributed by atoms with E-state index < -0.39 is 23.7 Å². The summed E-state index contributed by atoms with van der Waals surface area (Å²) < 4.78 is 58.5. The van der Waals surface area contributed by atoms with E-state index in [1.54, 1.807) is 0 Å². The van der Waals surface area contributed by atoms with Crippen molar-refractivity contribution >= 4 is 0 Å². The Balaban J connectivity index is 1.93. The first kappa shape index (κ1) is 14.8. The zero-order valence-corrected chi connectivity index (χ0v) is 11.5. The van der Waals surface area contributed by atoms with Crippen LogP contribution in [0.3, 0.4) is 0 Å². The van der Waals surface area contributed by atoms with Gasteiger partial charge in [0.2, 0.25) is 0 Å². The average molecular weight is 303 g/mol. The lowest BCUT2D eigenvalue weighted by Crippen LogP contribution is -2.49. The highest BCUT2D eigenvalue weighted by molar-refractivity contribution is 5.33. The summed E-state index contributed by atoms with van der Waals surface area (Å²) in [6.45, 7) is 0.989. The third kappa shape index (κ3) is 2.92. The minimum atomic E-state index is -4.58. The van der Waals surface area contributed by atoms with Gasteiger partial charge in [-0.15, -0.1) is 0 Å². The van der Waals surface area contributed by atoms with Gasteiger partial charge in [0, 0.05) is 13.1 Å². The first-order valence-corrected chi connectivity index (χ1v) is 7.15. The van der Waals surface area contributed by atoms with E-state index in [4.69, 9.17) is 4.74 Å². The van der Waals surface area contributed by atoms with Gasteiger partial charge in [-0.2, -0.15) is 13.2 Å². The predicted octanol–water partition coefficient (Wildman–Crippen LogP) is 3.82. The van der Waals surface area contributed by atoms with Gasteiger partial charge in [0.25, 0.3) is 0 Å². The van der Waals surface area contributed by atoms with Crippen molar-refractivity contribution in [2.75, 3.05) is 13.1 Å². The Hall–Kier alpha value is -1.14. The first-order chi connectivity index (χ1) is 9.90. The standard InChI is InChI=1S/C15H17F4NO/c16-10-3-4-11(12(7-10)15(17,18)19)13-8-20-9-14(21-13)5-1-2-6-14/h3-4,7,13,20H,1-2,5-6,8-9H2. The lowest BCUT2D eigenvalue weighted by molar-refractivity contribution is -0.145. The van der Waals surface area contributed by atoms with Gasteiger partial charge < -0.3 is 10.1 Å². The fraction of sp³-hybridized carbons (Fsp3) is 0.600. The van der Waals surface area contributed by atoms with E-state index in [2.05, 4.69) is 5.32 Å². The maximum Gasteiger partial charge on any atom is 0.416 e. The van der Waals surface area contributed by atoms with Gasteiger partial charge >= 0.3 is 6.18 Å². The van der Waals surface area contributed by atoms with Gasteiger partial charge in [-0.1, -0.05) is 18.9 Å². The summed E-state index contributed by atoms with van der Waals surface area (Å²) in [5.41, 5.74) is -1.29. The molecule has 6 heteroatoms. The second kappa shape index (κ2) is 5.25. The number of nitrogens with one attached hydrogen (secondary N) is 1. The summed E-state index contributed by atoms with van der Waals surface area (Å²) in [4.78, 5) is 0. The molecule has 0 bridgehead atoms. The Morgan fingerprint density at radius 1 is 1.19 bits per heavy atom. The maximum absolute atomic E-state index is 13.2. The van der Waals surface area contributed by atoms with Gasteiger partial charge in [0.15, 0.2) is 0 Å². The lowest BCUT2D eigenvalue weighted by atomic mass is 9.95. The Labute approximate surface area is 120 Å². The maximum atomic E-state index is 13.2. The summed E-state index contributed by atoms with van der Waals surface area (Å²) in [7, 11) is 0. The molecule has 1 heterocycles. The van der Waals surface area contributed by atoms with Crippen molar-refractivity contribution in [3.05, 3.63) is 35.1 Å². The molecule has 2 nitrogen and oxygen atoms in total. The molecule has 1 aliphatic carbocycles. The normalized spacial score (nSPS) is 25.4. The van der Waals surface area contributed by atoms with Crippen molar-refractivity contribution in [2.45, 2.75) is 43.6 Å². The van der Waals surface area contributed by atoms with E-state index >= 15 is 0 Å². The van der Waals surface area contributed by atoms with Gasteiger partial charge in [0.1, 0.15) is 5.82 Å². The molecule has 0 aromatic heterocycles. The van der Waals surface area contributed by atoms with Crippen molar-refractivity contribution in [3.63, 3.8) is 0 Å². The van der Waals surface area contributed by atoms with Gasteiger partial charge in [-0.05, 0) is 30.5 Å². The fourth-order valence-corrected chi connectivity index (χ4v) is 3.36. The SMILES string of the molecule is Fc1ccc(C2CNCC3(CCCC3)O2)c(C(F)(F)F)c1. The van der Waals surface area contributed by atoms with E-state index in [-0.39, 0.29) is 11.2 Å². The smallest absolute Gasteiger partial charge is 0.364 e. The number of morpholine rings is 1. The van der Waals surface area contributed by atoms with Gasteiger partial charge in [-0.3, -0.25) is 0 Å². The van der Waals surface area contributed by atoms with Crippen LogP contribution in [0.5, 0.6) is 0 Å². The fourth-order valence-electron chi connectivity index (χ4n) is 3.36. The van der Waals surface area contributed by atoms with Gasteiger partial charge in [-0.25, -0.2) is 4.39 Å². The minimum Gasteiger partial charge on any atom is -0.364 e. The van der Waals surface area contributed by atoms with Crippen LogP contribution < -0.4 is 5.32 Å². The van der Waals surface area contributed by atoms with Crippen molar-refractivity contribution in [1.82, 2.24) is 5.32 Å². The predicted molar refractivity (Wildman–Crippen MR) is 69.3 cm³/mol. The van der Waals surface area contributed by atoms with Crippen molar-refractivity contribution in [3.8, 4) is 0 Å². The molecule has 1 saturated heterocycles. The third-order valence-corrected chi connectivity index (χ3v) is 4.35. The zero-order valence-electron chi connectivity index (χ0n) is 11.5. The second-order valence-corrected chi connectivity index (χ2v) is 5.86. The molecule has 1 atom stereocenters. The van der Waals surface area contributed by atoms with E-state index in [0.717, 1.165) is 31.7 Å². The van der Waals surface area contributed by atoms with Crippen molar-refractivity contribution in [2.24, 2.45) is 0 Å². The Kier molecular flexibility index (Phi) is 3.69. The lowest BCUT2D eigenvalue weighted by Gasteiger charge is -2.40. The number of benzene rings is 1. The molecule has 1 spiro atoms. The number of alkyl halides is 3. The molecule has 1 aromatic carbocycles. The molecule has 0 radical (unpaired) electrons. The minimum absolute atomic E-state index is 0.0161. The average Bonchev–Trinajstić information content (AvgIpc) is 2.85. The van der Waals surface area contributed by atoms with Crippen LogP contribution in [0.4, 0.5) is 17.6 Å². The van der Waals surface area contributed by atoms with Crippen LogP contribution in [0.2, 0.25) is 0 Å². The van der Waals surface area contributed by atoms with Crippen molar-refractivity contribution < 1.29 is 22.3 Å². The number of ether oxygens (including phenoxy) is 1. The summed E-state index contributed by atoms with van der Waals surface area (Å²) in [6.07, 6.45) is -1.48. The van der Waals surface area contributed by atoms with E-state index in [9.17, 15) is 17.6 Å². The molecular weight excluding hydrogens is 286 g/mol. The van der Waals surface area contributed by atoms with Crippen LogP contribution in [-0.4, -0.2) is 18.7 Å². The number of halogens is 4. The Morgan fingerprint density at radius 3 is 2.57 bits per heavy atom. The van der Waals surface area contributed by atoms with Crippen LogP contribution in [0.25, 0.3) is 0 Å². The molecule has 1 saturated carbocycles. The number of hydrogen-bond acceptors (Lipinski definition) is 2. The molecular formula is C15H17F4NO. The first-order valence-electron chi connectivity index (χ1n) is 7.15. The largest absolute Gasteiger partial charge is 0.416 e. The van der Waals surface area contributed by atoms with Gasteiger partial charge in [0.05, 0.1) is 17.3 Å². The molecule has 1 aromatic rings. The quantitative estimate of drug-likeness (QED) is 0.796. The third-order valence-electron chi connectivity index (χ3n) is 4.35. The molecule has 21 heavy (non-hydrogen) atoms. The highest BCUT2D eigenvalue weighted by atomic mass is 19.4. The van der Waals surface area contributed by atoms with Crippen LogP contribution in [-0.2, 0) is 10.9 Å². The molecule has 1 unspecified atom stereocenters. The van der Waals surface area contributed by atoms with E-state index in [1.165, 1.54) is 6.07 Å². The van der Waals surface area contributed by atoms with Crippen LogP contribution in [0.1, 0.15) is 42.9 Å². The van der Waals surface area contributed by atoms with E-state index in [1.807, 2.05) is 0 Å². The zero-order chi connectivity index (χ0) is 15.1. The summed E-state index contributed by atoms with van der Waals surface area (Å²) in [6, 6.07) is 2.80. The molecule has 1 N–H and O–H groups in total. The highest BCUT2D eigenvalue weighted by Crippen LogP contribution is 2.42. The summed E-state index contributed by atoms with van der Waals surface area (Å²) in [5.74, 6) is -0.884. The number of rotatable bonds is 1. The summed E-state index contributed by atoms with van der Waals surface area (Å²) >= 11 is 0. The monoisotopic (exact) mass is 303 g/mol. The molecule has 1 aliphatic heterocycles. The Morgan fingerprint density at radius 2 is 1.90 bits per heavy atom. The molecule has 0 amide bonds. The van der Waals surface area contributed by atoms with Crippen LogP contribution >= 0.6 is 0 Å². The molecule has 2 aliphatic rings. The molecule has 2 fully saturated rings. The van der Waals surface area contributed by atoms with Crippen LogP contribution in [0, 0.1) is 5.82 Å². The summed E-state index contributed by atoms with van der Waals surface area (Å²) in [5, 5.41) is 3.17. The topological polar surface area (TPSA) is 21.3 Å². The molecule has 116 valence electrons. The van der Waals surface area contributed by atoms with Crippen LogP contribution in [0.15, 0.2) is 18.2 Å². The van der Waals surface area contributed by atoms with Crippen molar-refractivity contribution in [1.29, 1.82) is 0 Å².